The van der Waals surface area contributed by atoms with Crippen molar-refractivity contribution in [2.45, 2.75) is 36.8 Å². The summed E-state index contributed by atoms with van der Waals surface area (Å²) in [7, 11) is -3.77. The highest BCUT2D eigenvalue weighted by atomic mass is 32.2. The van der Waals surface area contributed by atoms with Crippen LogP contribution in [0.3, 0.4) is 0 Å². The monoisotopic (exact) mass is 302 g/mol. The van der Waals surface area contributed by atoms with E-state index in [0.717, 1.165) is 25.3 Å². The number of hydrogen-bond acceptors (Lipinski definition) is 4. The van der Waals surface area contributed by atoms with E-state index in [4.69, 9.17) is 10.5 Å². The van der Waals surface area contributed by atoms with E-state index < -0.39 is 15.8 Å². The third-order valence-corrected chi connectivity index (χ3v) is 4.82. The number of halogens is 1. The van der Waals surface area contributed by atoms with Gasteiger partial charge in [-0.1, -0.05) is 6.07 Å². The van der Waals surface area contributed by atoms with Gasteiger partial charge in [0.05, 0.1) is 11.0 Å². The van der Waals surface area contributed by atoms with Gasteiger partial charge in [-0.15, -0.1) is 0 Å². The van der Waals surface area contributed by atoms with Crippen LogP contribution in [0.1, 0.15) is 24.8 Å². The van der Waals surface area contributed by atoms with Gasteiger partial charge in [0.1, 0.15) is 5.82 Å². The maximum Gasteiger partial charge on any atom is 0.241 e. The van der Waals surface area contributed by atoms with Crippen LogP contribution in [0.15, 0.2) is 23.1 Å². The first-order chi connectivity index (χ1) is 9.53. The highest BCUT2D eigenvalue weighted by Gasteiger charge is 2.21. The van der Waals surface area contributed by atoms with Crippen molar-refractivity contribution in [3.63, 3.8) is 0 Å². The molecule has 20 heavy (non-hydrogen) atoms. The maximum absolute atomic E-state index is 13.3. The molecule has 2 rings (SSSR count). The minimum Gasteiger partial charge on any atom is -0.377 e. The topological polar surface area (TPSA) is 81.4 Å². The highest BCUT2D eigenvalue weighted by Crippen LogP contribution is 2.18. The van der Waals surface area contributed by atoms with Crippen LogP contribution in [0.2, 0.25) is 0 Å². The molecule has 1 saturated heterocycles. The lowest BCUT2D eigenvalue weighted by molar-refractivity contribution is 0.0200. The SMILES string of the molecule is NCc1ccc(F)cc1S(=O)(=O)NCC1CCCCO1. The molecule has 0 radical (unpaired) electrons. The van der Waals surface area contributed by atoms with E-state index >= 15 is 0 Å². The molecule has 112 valence electrons. The van der Waals surface area contributed by atoms with Gasteiger partial charge in [-0.25, -0.2) is 17.5 Å². The molecule has 1 aliphatic heterocycles. The Labute approximate surface area is 118 Å². The van der Waals surface area contributed by atoms with E-state index in [1.807, 2.05) is 0 Å². The molecule has 0 saturated carbocycles. The molecule has 1 atom stereocenters. The van der Waals surface area contributed by atoms with Gasteiger partial charge in [-0.3, -0.25) is 0 Å². The number of sulfonamides is 1. The van der Waals surface area contributed by atoms with Crippen molar-refractivity contribution in [1.29, 1.82) is 0 Å². The van der Waals surface area contributed by atoms with Crippen LogP contribution in [0.5, 0.6) is 0 Å². The zero-order valence-electron chi connectivity index (χ0n) is 11.1. The van der Waals surface area contributed by atoms with E-state index in [0.29, 0.717) is 12.2 Å². The number of rotatable bonds is 5. The first-order valence-electron chi connectivity index (χ1n) is 6.62. The zero-order chi connectivity index (χ0) is 14.6. The van der Waals surface area contributed by atoms with Crippen molar-refractivity contribution in [2.24, 2.45) is 5.73 Å². The quantitative estimate of drug-likeness (QED) is 0.854. The van der Waals surface area contributed by atoms with Crippen LogP contribution in [0.25, 0.3) is 0 Å². The Bertz CT molecular complexity index is 557. The third-order valence-electron chi connectivity index (χ3n) is 3.31. The molecule has 7 heteroatoms. The lowest BCUT2D eigenvalue weighted by atomic mass is 10.1. The van der Waals surface area contributed by atoms with Crippen LogP contribution < -0.4 is 10.5 Å². The Morgan fingerprint density at radius 1 is 1.40 bits per heavy atom. The molecule has 0 aromatic heterocycles. The summed E-state index contributed by atoms with van der Waals surface area (Å²) in [4.78, 5) is -0.101. The molecule has 3 N–H and O–H groups in total. The minimum absolute atomic E-state index is 0.0381. The summed E-state index contributed by atoms with van der Waals surface area (Å²) >= 11 is 0. The van der Waals surface area contributed by atoms with Crippen molar-refractivity contribution < 1.29 is 17.5 Å². The second-order valence-electron chi connectivity index (χ2n) is 4.80. The predicted molar refractivity (Wildman–Crippen MR) is 73.1 cm³/mol. The first kappa shape index (κ1) is 15.4. The highest BCUT2D eigenvalue weighted by molar-refractivity contribution is 7.89. The molecule has 1 aromatic rings. The normalized spacial score (nSPS) is 20.0. The molecule has 1 unspecified atom stereocenters. The molecule has 0 bridgehead atoms. The Kier molecular flexibility index (Phi) is 5.09. The van der Waals surface area contributed by atoms with Gasteiger partial charge in [-0.2, -0.15) is 0 Å². The van der Waals surface area contributed by atoms with E-state index in [9.17, 15) is 12.8 Å². The summed E-state index contributed by atoms with van der Waals surface area (Å²) in [6.45, 7) is 0.889. The largest absolute Gasteiger partial charge is 0.377 e. The van der Waals surface area contributed by atoms with Gasteiger partial charge in [-0.05, 0) is 37.0 Å². The fourth-order valence-corrected chi connectivity index (χ4v) is 3.52. The minimum atomic E-state index is -3.77. The van der Waals surface area contributed by atoms with Crippen LogP contribution >= 0.6 is 0 Å². The average Bonchev–Trinajstić information content (AvgIpc) is 2.46. The summed E-state index contributed by atoms with van der Waals surface area (Å²) < 4.78 is 45.6. The van der Waals surface area contributed by atoms with Gasteiger partial charge in [0.15, 0.2) is 0 Å². The van der Waals surface area contributed by atoms with Gasteiger partial charge in [0, 0.05) is 19.7 Å². The average molecular weight is 302 g/mol. The Hall–Kier alpha value is -1.02. The van der Waals surface area contributed by atoms with Gasteiger partial charge >= 0.3 is 0 Å². The first-order valence-corrected chi connectivity index (χ1v) is 8.11. The molecule has 1 heterocycles. The van der Waals surface area contributed by atoms with Crippen LogP contribution in [-0.4, -0.2) is 27.7 Å². The van der Waals surface area contributed by atoms with Crippen molar-refractivity contribution in [3.8, 4) is 0 Å². The number of hydrogen-bond donors (Lipinski definition) is 2. The molecule has 1 fully saturated rings. The second-order valence-corrected chi connectivity index (χ2v) is 6.53. The fourth-order valence-electron chi connectivity index (χ4n) is 2.20. The van der Waals surface area contributed by atoms with Crippen LogP contribution in [0.4, 0.5) is 4.39 Å². The van der Waals surface area contributed by atoms with Crippen molar-refractivity contribution in [2.75, 3.05) is 13.2 Å². The fraction of sp³-hybridized carbons (Fsp3) is 0.538. The Balaban J connectivity index is 2.11. The van der Waals surface area contributed by atoms with Crippen LogP contribution in [0, 0.1) is 5.82 Å². The standard InChI is InChI=1S/C13H19FN2O3S/c14-11-5-4-10(8-15)13(7-11)20(17,18)16-9-12-3-1-2-6-19-12/h4-5,7,12,16H,1-3,6,8-9,15H2. The van der Waals surface area contributed by atoms with Gasteiger partial charge in [0.25, 0.3) is 0 Å². The number of nitrogens with two attached hydrogens (primary N) is 1. The predicted octanol–water partition coefficient (Wildman–Crippen LogP) is 1.13. The molecule has 0 spiro atoms. The third kappa shape index (κ3) is 3.76. The molecule has 0 aliphatic carbocycles. The summed E-state index contributed by atoms with van der Waals surface area (Å²) in [5, 5.41) is 0. The lowest BCUT2D eigenvalue weighted by Crippen LogP contribution is -2.35. The van der Waals surface area contributed by atoms with Crippen LogP contribution in [-0.2, 0) is 21.3 Å². The Morgan fingerprint density at radius 3 is 2.85 bits per heavy atom. The van der Waals surface area contributed by atoms with Gasteiger partial charge < -0.3 is 10.5 Å². The van der Waals surface area contributed by atoms with Gasteiger partial charge in [0.2, 0.25) is 10.0 Å². The zero-order valence-corrected chi connectivity index (χ0v) is 12.0. The molecule has 5 nitrogen and oxygen atoms in total. The summed E-state index contributed by atoms with van der Waals surface area (Å²) in [6.07, 6.45) is 2.74. The summed E-state index contributed by atoms with van der Waals surface area (Å²) in [6, 6.07) is 3.58. The van der Waals surface area contributed by atoms with Crippen molar-refractivity contribution in [1.82, 2.24) is 4.72 Å². The van der Waals surface area contributed by atoms with E-state index in [1.165, 1.54) is 12.1 Å². The molecular weight excluding hydrogens is 283 g/mol. The van der Waals surface area contributed by atoms with E-state index in [-0.39, 0.29) is 24.1 Å². The second kappa shape index (κ2) is 6.62. The Morgan fingerprint density at radius 2 is 2.20 bits per heavy atom. The van der Waals surface area contributed by atoms with E-state index in [1.54, 1.807) is 0 Å². The smallest absolute Gasteiger partial charge is 0.241 e. The number of nitrogens with one attached hydrogen (secondary N) is 1. The van der Waals surface area contributed by atoms with Crippen molar-refractivity contribution in [3.05, 3.63) is 29.6 Å². The van der Waals surface area contributed by atoms with Crippen molar-refractivity contribution >= 4 is 10.0 Å². The molecular formula is C13H19FN2O3S. The molecule has 1 aromatic carbocycles. The maximum atomic E-state index is 13.3. The molecule has 1 aliphatic rings. The van der Waals surface area contributed by atoms with E-state index in [2.05, 4.69) is 4.72 Å². The molecule has 0 amide bonds. The summed E-state index contributed by atoms with van der Waals surface area (Å²) in [5.74, 6) is -0.600. The lowest BCUT2D eigenvalue weighted by Gasteiger charge is -2.23. The number of ether oxygens (including phenoxy) is 1. The number of benzene rings is 1. The summed E-state index contributed by atoms with van der Waals surface area (Å²) in [5.41, 5.74) is 5.89.